The fraction of sp³-hybridized carbons (Fsp3) is 0.684. The van der Waals surface area contributed by atoms with Crippen LogP contribution in [0.4, 0.5) is 0 Å². The van der Waals surface area contributed by atoms with Gasteiger partial charge in [0.2, 0.25) is 0 Å². The number of ether oxygens (including phenoxy) is 3. The molecule has 556 valence electrons. The van der Waals surface area contributed by atoms with E-state index in [1.807, 2.05) is 0 Å². The molecule has 16 nitrogen and oxygen atoms in total. The highest BCUT2D eigenvalue weighted by molar-refractivity contribution is 7.47. The van der Waals surface area contributed by atoms with Crippen molar-refractivity contribution in [2.24, 2.45) is 0 Å². The zero-order valence-electron chi connectivity index (χ0n) is 60.5. The number of aliphatic hydroxyl groups is 2. The lowest BCUT2D eigenvalue weighted by Gasteiger charge is -2.21. The van der Waals surface area contributed by atoms with Crippen LogP contribution in [0.25, 0.3) is 0 Å². The van der Waals surface area contributed by atoms with Crippen molar-refractivity contribution in [2.75, 3.05) is 39.6 Å². The number of aliphatic hydroxyl groups excluding tert-OH is 2. The molecule has 18 heteroatoms. The molecule has 5 unspecified atom stereocenters. The number of unbranched alkanes of at least 4 members (excludes halogenated alkanes) is 25. The average Bonchev–Trinajstić information content (AvgIpc) is 1.82. The Hall–Kier alpha value is -4.31. The molecular weight excluding hydrogens is 1270 g/mol. The maximum Gasteiger partial charge on any atom is 0.472 e. The van der Waals surface area contributed by atoms with E-state index in [9.17, 15) is 43.5 Å². The lowest BCUT2D eigenvalue weighted by Crippen LogP contribution is -2.30. The summed E-state index contributed by atoms with van der Waals surface area (Å²) in [6.07, 6.45) is 84.9. The van der Waals surface area contributed by atoms with E-state index >= 15 is 0 Å². The van der Waals surface area contributed by atoms with E-state index in [1.54, 1.807) is 0 Å². The Labute approximate surface area is 588 Å². The minimum Gasteiger partial charge on any atom is -0.463 e. The molecule has 0 saturated heterocycles. The van der Waals surface area contributed by atoms with Gasteiger partial charge in [0.15, 0.2) is 6.10 Å². The fourth-order valence-electron chi connectivity index (χ4n) is 9.61. The van der Waals surface area contributed by atoms with Crippen LogP contribution in [0.5, 0.6) is 0 Å². The molecule has 4 N–H and O–H groups in total. The second-order valence-corrected chi connectivity index (χ2v) is 27.6. The highest BCUT2D eigenvalue weighted by atomic mass is 31.2. The molecule has 0 radical (unpaired) electrons. The van der Waals surface area contributed by atoms with E-state index in [-0.39, 0.29) is 19.3 Å². The van der Waals surface area contributed by atoms with Gasteiger partial charge in [-0.1, -0.05) is 264 Å². The first-order valence-electron chi connectivity index (χ1n) is 37.5. The first-order valence-corrected chi connectivity index (χ1v) is 40.5. The summed E-state index contributed by atoms with van der Waals surface area (Å²) in [6.45, 7) is 2.48. The van der Waals surface area contributed by atoms with Crippen LogP contribution < -0.4 is 0 Å². The molecule has 0 aliphatic carbocycles. The third-order valence-corrected chi connectivity index (χ3v) is 17.2. The summed E-state index contributed by atoms with van der Waals surface area (Å²) >= 11 is 0. The monoisotopic (exact) mass is 1400 g/mol. The maximum absolute atomic E-state index is 13.0. The molecule has 0 aliphatic heterocycles. The van der Waals surface area contributed by atoms with Gasteiger partial charge in [-0.15, -0.1) is 0 Å². The highest BCUT2D eigenvalue weighted by Crippen LogP contribution is 2.45. The molecule has 0 aromatic carbocycles. The van der Waals surface area contributed by atoms with Crippen LogP contribution in [0, 0.1) is 0 Å². The van der Waals surface area contributed by atoms with Crippen molar-refractivity contribution >= 4 is 33.6 Å². The molecule has 0 rings (SSSR count). The number of carbonyl (C=O) groups excluding carboxylic acids is 3. The minimum absolute atomic E-state index is 0.0874. The van der Waals surface area contributed by atoms with E-state index in [4.69, 9.17) is 32.3 Å². The zero-order valence-corrected chi connectivity index (χ0v) is 62.2. The Morgan fingerprint density at radius 2 is 0.546 bits per heavy atom. The Kier molecular flexibility index (Phi) is 68.3. The van der Waals surface area contributed by atoms with Gasteiger partial charge in [0.05, 0.1) is 26.4 Å². The van der Waals surface area contributed by atoms with Crippen LogP contribution >= 0.6 is 15.6 Å². The van der Waals surface area contributed by atoms with Gasteiger partial charge in [-0.3, -0.25) is 32.5 Å². The molecule has 0 aromatic heterocycles. The summed E-state index contributed by atoms with van der Waals surface area (Å²) in [7, 11) is -9.80. The van der Waals surface area contributed by atoms with Gasteiger partial charge in [0, 0.05) is 19.3 Å². The maximum atomic E-state index is 13.0. The predicted molar refractivity (Wildman–Crippen MR) is 399 cm³/mol. The van der Waals surface area contributed by atoms with E-state index in [0.29, 0.717) is 19.3 Å². The van der Waals surface area contributed by atoms with Gasteiger partial charge in [-0.05, 0) is 141 Å². The third kappa shape index (κ3) is 72.8. The van der Waals surface area contributed by atoms with E-state index in [0.717, 1.165) is 167 Å². The molecule has 0 aromatic rings. The first-order chi connectivity index (χ1) is 47.2. The molecular formula is C79H134O16P2. The Morgan fingerprint density at radius 3 is 0.897 bits per heavy atom. The molecule has 0 saturated carbocycles. The van der Waals surface area contributed by atoms with Crippen LogP contribution in [-0.4, -0.2) is 95.9 Å². The largest absolute Gasteiger partial charge is 0.472 e. The molecule has 0 spiro atoms. The Bertz CT molecular complexity index is 2300. The van der Waals surface area contributed by atoms with Crippen molar-refractivity contribution < 1.29 is 75.8 Å². The summed E-state index contributed by atoms with van der Waals surface area (Å²) in [4.78, 5) is 58.6. The van der Waals surface area contributed by atoms with Crippen LogP contribution in [0.3, 0.4) is 0 Å². The number of phosphoric ester groups is 2. The zero-order chi connectivity index (χ0) is 70.9. The number of allylic oxidation sites excluding steroid dienone is 22. The smallest absolute Gasteiger partial charge is 0.463 e. The van der Waals surface area contributed by atoms with Crippen LogP contribution in [0.2, 0.25) is 0 Å². The molecule has 5 atom stereocenters. The molecule has 0 fully saturated rings. The van der Waals surface area contributed by atoms with Crippen molar-refractivity contribution in [1.29, 1.82) is 0 Å². The van der Waals surface area contributed by atoms with Crippen molar-refractivity contribution in [3.8, 4) is 0 Å². The summed E-state index contributed by atoms with van der Waals surface area (Å²) in [5, 5.41) is 20.6. The number of esters is 3. The summed E-state index contributed by atoms with van der Waals surface area (Å²) in [6, 6.07) is 0. The van der Waals surface area contributed by atoms with Crippen LogP contribution in [-0.2, 0) is 55.8 Å². The van der Waals surface area contributed by atoms with Gasteiger partial charge in [-0.25, -0.2) is 9.13 Å². The minimum atomic E-state index is -4.94. The number of carbonyl (C=O) groups is 3. The van der Waals surface area contributed by atoms with Gasteiger partial charge in [0.1, 0.15) is 25.4 Å². The quantitative estimate of drug-likeness (QED) is 0.0146. The standard InChI is InChI=1S/C79H134O16P2/c1-4-7-10-13-16-19-22-25-28-30-32-34-35-36-37-39-41-42-45-47-50-53-56-59-62-65-77(82)89-68-74(80)69-91-96(85,86)92-70-75(81)71-93-97(87,88)94-73-76(95-79(84)67-64-61-58-55-52-49-44-27-24-21-18-15-12-9-6-3)72-90-78(83)66-63-60-57-54-51-48-46-43-40-38-33-31-29-26-23-20-17-14-11-8-5-2/h7,10,16-17,19-20,25-29,32-34,36-38,41-44,46,74-76,80-81H,4-6,8-9,11-15,18,21-24,30-31,35,39-40,45,47-73H2,1-3H3,(H,85,86)(H,87,88)/b10-7-,19-16-,20-17-,28-25-,29-26-,34-32-,37-36-,38-33-,42-41-,44-27-,46-43-. The van der Waals surface area contributed by atoms with E-state index in [1.165, 1.54) is 64.2 Å². The summed E-state index contributed by atoms with van der Waals surface area (Å²) in [5.41, 5.74) is 0. The van der Waals surface area contributed by atoms with Crippen LogP contribution in [0.15, 0.2) is 134 Å². The second kappa shape index (κ2) is 71.5. The van der Waals surface area contributed by atoms with E-state index < -0.39 is 91.5 Å². The molecule has 97 heavy (non-hydrogen) atoms. The van der Waals surface area contributed by atoms with Gasteiger partial charge in [-0.2, -0.15) is 0 Å². The van der Waals surface area contributed by atoms with Gasteiger partial charge in [0.25, 0.3) is 0 Å². The molecule has 0 amide bonds. The number of rotatable bonds is 70. The predicted octanol–water partition coefficient (Wildman–Crippen LogP) is 21.5. The van der Waals surface area contributed by atoms with Gasteiger partial charge < -0.3 is 34.2 Å². The Balaban J connectivity index is 4.66. The van der Waals surface area contributed by atoms with Crippen molar-refractivity contribution in [2.45, 2.75) is 309 Å². The first kappa shape index (κ1) is 92.7. The lowest BCUT2D eigenvalue weighted by atomic mass is 10.1. The normalized spacial score (nSPS) is 14.8. The molecule has 0 heterocycles. The number of hydrogen-bond acceptors (Lipinski definition) is 14. The van der Waals surface area contributed by atoms with Crippen molar-refractivity contribution in [1.82, 2.24) is 0 Å². The number of hydrogen-bond donors (Lipinski definition) is 4. The summed E-state index contributed by atoms with van der Waals surface area (Å²) < 4.78 is 61.0. The second-order valence-electron chi connectivity index (χ2n) is 24.7. The number of phosphoric acid groups is 2. The average molecular weight is 1400 g/mol. The van der Waals surface area contributed by atoms with Crippen LogP contribution in [0.1, 0.15) is 290 Å². The van der Waals surface area contributed by atoms with Crippen molar-refractivity contribution in [3.63, 3.8) is 0 Å². The fourth-order valence-corrected chi connectivity index (χ4v) is 11.2. The topological polar surface area (TPSA) is 231 Å². The third-order valence-electron chi connectivity index (χ3n) is 15.3. The molecule has 0 aliphatic rings. The van der Waals surface area contributed by atoms with Crippen molar-refractivity contribution in [3.05, 3.63) is 134 Å². The molecule has 0 bridgehead atoms. The SMILES string of the molecule is CC/C=C\C/C=C\C/C=C\C/C=C\C/C=C\C/C=C\CCCCCCCCC(=O)OCC(O)COP(=O)(O)OCC(O)COP(=O)(O)OCC(COC(=O)CCCCCCC/C=C\C/C=C\C/C=C\C/C=C\CCCCC)OC(=O)CCCCCCC/C=C\CCCCCCCC. The highest BCUT2D eigenvalue weighted by Gasteiger charge is 2.29. The summed E-state index contributed by atoms with van der Waals surface area (Å²) in [5.74, 6) is -1.62. The lowest BCUT2D eigenvalue weighted by molar-refractivity contribution is -0.161. The van der Waals surface area contributed by atoms with Gasteiger partial charge >= 0.3 is 33.6 Å². The Morgan fingerprint density at radius 1 is 0.299 bits per heavy atom. The van der Waals surface area contributed by atoms with E-state index in [2.05, 4.69) is 154 Å².